The highest BCUT2D eigenvalue weighted by Crippen LogP contribution is 2.42. The largest absolute Gasteiger partial charge is 0.490 e. The van der Waals surface area contributed by atoms with E-state index in [1.54, 1.807) is 18.2 Å². The third-order valence-corrected chi connectivity index (χ3v) is 6.71. The Morgan fingerprint density at radius 1 is 0.966 bits per heavy atom. The lowest BCUT2D eigenvalue weighted by Gasteiger charge is -2.26. The molecule has 2 nitrogen and oxygen atoms in total. The van der Waals surface area contributed by atoms with Crippen molar-refractivity contribution in [1.82, 2.24) is 0 Å². The first kappa shape index (κ1) is 20.0. The van der Waals surface area contributed by atoms with Crippen molar-refractivity contribution in [3.8, 4) is 11.5 Å². The molecular weight excluding hydrogens is 404 g/mol. The van der Waals surface area contributed by atoms with Gasteiger partial charge in [0, 0.05) is 10.8 Å². The summed E-state index contributed by atoms with van der Waals surface area (Å²) in [7, 11) is 0. The second-order valence-corrected chi connectivity index (χ2v) is 8.59. The zero-order chi connectivity index (χ0) is 20.5. The molecule has 0 N–H and O–H groups in total. The Balaban J connectivity index is 1.62. The van der Waals surface area contributed by atoms with Crippen molar-refractivity contribution in [2.24, 2.45) is 11.8 Å². The minimum Gasteiger partial charge on any atom is -0.490 e. The summed E-state index contributed by atoms with van der Waals surface area (Å²) in [5.74, 6) is -0.338. The number of benzene rings is 2. The molecule has 0 atom stereocenters. The van der Waals surface area contributed by atoms with E-state index in [1.807, 2.05) is 0 Å². The van der Waals surface area contributed by atoms with Crippen LogP contribution in [0.1, 0.15) is 32.6 Å². The van der Waals surface area contributed by atoms with Crippen molar-refractivity contribution in [3.63, 3.8) is 0 Å². The molecule has 29 heavy (non-hydrogen) atoms. The molecule has 7 heteroatoms. The molecule has 1 aliphatic carbocycles. The Morgan fingerprint density at radius 3 is 2.17 bits per heavy atom. The van der Waals surface area contributed by atoms with E-state index in [1.165, 1.54) is 6.07 Å². The van der Waals surface area contributed by atoms with Gasteiger partial charge in [0.05, 0.1) is 16.0 Å². The summed E-state index contributed by atoms with van der Waals surface area (Å²) in [6.07, 6.45) is 2.59. The molecule has 0 saturated heterocycles. The van der Waals surface area contributed by atoms with Crippen molar-refractivity contribution in [2.75, 3.05) is 6.61 Å². The van der Waals surface area contributed by atoms with Crippen LogP contribution >= 0.6 is 11.3 Å². The van der Waals surface area contributed by atoms with E-state index in [0.717, 1.165) is 42.9 Å². The fraction of sp³-hybridized carbons (Fsp3) is 0.364. The maximum Gasteiger partial charge on any atom is 0.305 e. The molecule has 1 heterocycles. The Hall–Kier alpha value is -2.28. The van der Waals surface area contributed by atoms with Gasteiger partial charge in [-0.05, 0) is 48.9 Å². The quantitative estimate of drug-likeness (QED) is 0.309. The monoisotopic (exact) mass is 424 g/mol. The topological polar surface area (TPSA) is 18.5 Å². The SMILES string of the molecule is CC1CCC(COc2ccc3c(sc4c(F)c(OC=C(F)F)ccc43)c2F)CC1. The number of halogens is 4. The average molecular weight is 424 g/mol. The third-order valence-electron chi connectivity index (χ3n) is 5.50. The van der Waals surface area contributed by atoms with Crippen molar-refractivity contribution in [2.45, 2.75) is 32.6 Å². The molecule has 154 valence electrons. The molecule has 1 aliphatic rings. The molecule has 0 amide bonds. The highest BCUT2D eigenvalue weighted by atomic mass is 32.1. The van der Waals surface area contributed by atoms with Gasteiger partial charge in [-0.25, -0.2) is 8.78 Å². The molecule has 3 aromatic rings. The normalized spacial score (nSPS) is 19.5. The molecule has 1 fully saturated rings. The number of rotatable bonds is 5. The van der Waals surface area contributed by atoms with Crippen LogP contribution in [-0.2, 0) is 0 Å². The maximum atomic E-state index is 15.0. The van der Waals surface area contributed by atoms with Crippen LogP contribution in [0.3, 0.4) is 0 Å². The Kier molecular flexibility index (Phi) is 5.67. The van der Waals surface area contributed by atoms with Gasteiger partial charge in [-0.2, -0.15) is 8.78 Å². The molecule has 1 saturated carbocycles. The average Bonchev–Trinajstić information content (AvgIpc) is 3.08. The van der Waals surface area contributed by atoms with E-state index in [9.17, 15) is 13.2 Å². The lowest BCUT2D eigenvalue weighted by Crippen LogP contribution is -2.19. The van der Waals surface area contributed by atoms with E-state index in [2.05, 4.69) is 11.7 Å². The fourth-order valence-corrected chi connectivity index (χ4v) is 4.98. The van der Waals surface area contributed by atoms with E-state index in [0.29, 0.717) is 23.3 Å². The fourth-order valence-electron chi connectivity index (χ4n) is 3.82. The van der Waals surface area contributed by atoms with Gasteiger partial charge in [0.1, 0.15) is 0 Å². The lowest BCUT2D eigenvalue weighted by molar-refractivity contribution is 0.183. The molecule has 0 unspecified atom stereocenters. The van der Waals surface area contributed by atoms with Crippen LogP contribution in [0.4, 0.5) is 17.6 Å². The van der Waals surface area contributed by atoms with E-state index in [-0.39, 0.29) is 27.2 Å². The van der Waals surface area contributed by atoms with Crippen molar-refractivity contribution >= 4 is 31.5 Å². The van der Waals surface area contributed by atoms with Crippen LogP contribution in [0, 0.1) is 23.5 Å². The first-order valence-electron chi connectivity index (χ1n) is 9.58. The zero-order valence-corrected chi connectivity index (χ0v) is 16.6. The van der Waals surface area contributed by atoms with Crippen molar-refractivity contribution < 1.29 is 27.0 Å². The van der Waals surface area contributed by atoms with Gasteiger partial charge in [-0.3, -0.25) is 0 Å². The smallest absolute Gasteiger partial charge is 0.305 e. The Morgan fingerprint density at radius 2 is 1.55 bits per heavy atom. The summed E-state index contributed by atoms with van der Waals surface area (Å²) >= 11 is 0.921. The number of hydrogen-bond donors (Lipinski definition) is 0. The third kappa shape index (κ3) is 4.06. The molecule has 0 bridgehead atoms. The molecule has 1 aromatic heterocycles. The van der Waals surface area contributed by atoms with Crippen molar-refractivity contribution in [3.05, 3.63) is 48.2 Å². The van der Waals surface area contributed by atoms with Crippen LogP contribution in [0.15, 0.2) is 36.6 Å². The Bertz CT molecular complexity index is 1060. The number of fused-ring (bicyclic) bond motifs is 3. The van der Waals surface area contributed by atoms with Crippen LogP contribution < -0.4 is 9.47 Å². The second kappa shape index (κ2) is 8.22. The highest BCUT2D eigenvalue weighted by Gasteiger charge is 2.21. The van der Waals surface area contributed by atoms with Gasteiger partial charge in [0.2, 0.25) is 0 Å². The standard InChI is InChI=1S/C22H20F4O2S/c1-12-2-4-13(5-3-12)10-27-16-8-6-14-15-7-9-17(28-11-18(23)24)20(26)22(15)29-21(14)19(16)25/h6-9,11-13H,2-5,10H2,1H3. The summed E-state index contributed by atoms with van der Waals surface area (Å²) in [6, 6.07) is 6.07. The molecule has 0 spiro atoms. The van der Waals surface area contributed by atoms with E-state index in [4.69, 9.17) is 4.74 Å². The molecule has 0 aliphatic heterocycles. The Labute approximate surface area is 169 Å². The lowest BCUT2D eigenvalue weighted by atomic mass is 9.83. The molecular formula is C22H20F4O2S. The predicted octanol–water partition coefficient (Wildman–Crippen LogP) is 7.65. The molecule has 0 radical (unpaired) electrons. The zero-order valence-electron chi connectivity index (χ0n) is 15.8. The van der Waals surface area contributed by atoms with Crippen LogP contribution in [-0.4, -0.2) is 6.61 Å². The predicted molar refractivity (Wildman–Crippen MR) is 107 cm³/mol. The summed E-state index contributed by atoms with van der Waals surface area (Å²) in [5.41, 5.74) is 0. The minimum atomic E-state index is -2.07. The van der Waals surface area contributed by atoms with Crippen molar-refractivity contribution in [1.29, 1.82) is 0 Å². The first-order chi connectivity index (χ1) is 13.9. The van der Waals surface area contributed by atoms with Gasteiger partial charge in [0.15, 0.2) is 29.4 Å². The number of thiophene rings is 1. The van der Waals surface area contributed by atoms with Gasteiger partial charge in [0.25, 0.3) is 0 Å². The minimum absolute atomic E-state index is 0.155. The summed E-state index contributed by atoms with van der Waals surface area (Å²) in [5, 5.41) is 1.06. The summed E-state index contributed by atoms with van der Waals surface area (Å²) in [4.78, 5) is 0. The van der Waals surface area contributed by atoms with Crippen LogP contribution in [0.2, 0.25) is 0 Å². The van der Waals surface area contributed by atoms with Gasteiger partial charge in [-0.15, -0.1) is 11.3 Å². The number of ether oxygens (including phenoxy) is 2. The number of hydrogen-bond acceptors (Lipinski definition) is 3. The van der Waals surface area contributed by atoms with Gasteiger partial charge in [-0.1, -0.05) is 19.8 Å². The van der Waals surface area contributed by atoms with E-state index >= 15 is 4.39 Å². The van der Waals surface area contributed by atoms with Gasteiger partial charge < -0.3 is 9.47 Å². The molecule has 4 rings (SSSR count). The van der Waals surface area contributed by atoms with Crippen LogP contribution in [0.5, 0.6) is 11.5 Å². The van der Waals surface area contributed by atoms with Crippen LogP contribution in [0.25, 0.3) is 20.2 Å². The maximum absolute atomic E-state index is 15.0. The second-order valence-electron chi connectivity index (χ2n) is 7.57. The summed E-state index contributed by atoms with van der Waals surface area (Å²) in [6.45, 7) is 2.71. The van der Waals surface area contributed by atoms with Gasteiger partial charge >= 0.3 is 6.08 Å². The highest BCUT2D eigenvalue weighted by molar-refractivity contribution is 7.25. The first-order valence-corrected chi connectivity index (χ1v) is 10.4. The summed E-state index contributed by atoms with van der Waals surface area (Å²) < 4.78 is 65.0. The van der Waals surface area contributed by atoms with E-state index < -0.39 is 17.7 Å². The molecule has 2 aromatic carbocycles.